The van der Waals surface area contributed by atoms with Gasteiger partial charge in [-0.3, -0.25) is 0 Å². The number of carbonyl (C=O) groups is 2. The lowest BCUT2D eigenvalue weighted by Crippen LogP contribution is -2.26. The lowest BCUT2D eigenvalue weighted by atomic mass is 9.98. The summed E-state index contributed by atoms with van der Waals surface area (Å²) in [5.41, 5.74) is 4.79. The number of ether oxygens (including phenoxy) is 1. The smallest absolute Gasteiger partial charge is 0.407 e. The molecule has 0 atom stereocenters. The van der Waals surface area contributed by atoms with Crippen molar-refractivity contribution >= 4 is 29.5 Å². The Labute approximate surface area is 177 Å². The predicted molar refractivity (Wildman–Crippen MR) is 116 cm³/mol. The van der Waals surface area contributed by atoms with E-state index in [0.717, 1.165) is 0 Å². The number of aromatic carboxylic acids is 1. The number of nitrogens with zero attached hydrogens (tertiary/aromatic N) is 1. The van der Waals surface area contributed by atoms with Crippen molar-refractivity contribution in [2.75, 3.05) is 13.2 Å². The zero-order valence-electron chi connectivity index (χ0n) is 16.1. The molecular weight excluding hydrogens is 400 g/mol. The minimum Gasteiger partial charge on any atom is -0.476 e. The number of fused-ring (bicyclic) bond motifs is 3. The first-order chi connectivity index (χ1) is 14.6. The van der Waals surface area contributed by atoms with E-state index in [2.05, 4.69) is 34.6 Å². The highest BCUT2D eigenvalue weighted by molar-refractivity contribution is 7.10. The number of aromatic nitrogens is 1. The highest BCUT2D eigenvalue weighted by atomic mass is 32.1. The van der Waals surface area contributed by atoms with Gasteiger partial charge in [0.25, 0.3) is 0 Å². The van der Waals surface area contributed by atoms with Crippen LogP contribution in [0, 0.1) is 0 Å². The van der Waals surface area contributed by atoms with Crippen LogP contribution in [0.1, 0.15) is 39.0 Å². The van der Waals surface area contributed by atoms with E-state index in [0.29, 0.717) is 18.0 Å². The lowest BCUT2D eigenvalue weighted by Gasteiger charge is -2.14. The number of hydrogen-bond donors (Lipinski definition) is 2. The van der Waals surface area contributed by atoms with Crippen molar-refractivity contribution in [1.29, 1.82) is 0 Å². The summed E-state index contributed by atoms with van der Waals surface area (Å²) in [7, 11) is 0. The van der Waals surface area contributed by atoms with Gasteiger partial charge in [-0.05, 0) is 34.8 Å². The van der Waals surface area contributed by atoms with Crippen molar-refractivity contribution in [2.45, 2.75) is 12.3 Å². The largest absolute Gasteiger partial charge is 0.476 e. The van der Waals surface area contributed by atoms with Crippen LogP contribution in [0.2, 0.25) is 0 Å². The van der Waals surface area contributed by atoms with E-state index < -0.39 is 12.1 Å². The van der Waals surface area contributed by atoms with Gasteiger partial charge in [0.15, 0.2) is 5.69 Å². The standard InChI is InChI=1S/C23H20N2O4S/c26-22(27)20-14-30-21(25-20)11-5-6-12-24-23(28)29-13-19-17-9-3-1-7-15(17)16-8-2-4-10-18(16)19/h1-5,7-11,14,19H,6,12-13H2,(H,24,28)(H,26,27). The predicted octanol–water partition coefficient (Wildman–Crippen LogP) is 4.78. The zero-order valence-corrected chi connectivity index (χ0v) is 16.9. The summed E-state index contributed by atoms with van der Waals surface area (Å²) in [6.45, 7) is 0.705. The Morgan fingerprint density at radius 2 is 1.77 bits per heavy atom. The van der Waals surface area contributed by atoms with E-state index in [4.69, 9.17) is 9.84 Å². The molecule has 0 saturated heterocycles. The van der Waals surface area contributed by atoms with Crippen molar-refractivity contribution in [3.63, 3.8) is 0 Å². The second-order valence-electron chi connectivity index (χ2n) is 6.82. The van der Waals surface area contributed by atoms with Gasteiger partial charge in [0.05, 0.1) is 0 Å². The summed E-state index contributed by atoms with van der Waals surface area (Å²) in [5, 5.41) is 13.7. The van der Waals surface area contributed by atoms with Gasteiger partial charge in [-0.25, -0.2) is 14.6 Å². The minimum absolute atomic E-state index is 0.0383. The van der Waals surface area contributed by atoms with Crippen molar-refractivity contribution < 1.29 is 19.4 Å². The fourth-order valence-corrected chi connectivity index (χ4v) is 4.27. The zero-order chi connectivity index (χ0) is 20.9. The fourth-order valence-electron chi connectivity index (χ4n) is 3.55. The molecule has 3 aromatic rings. The van der Waals surface area contributed by atoms with Gasteiger partial charge >= 0.3 is 12.1 Å². The summed E-state index contributed by atoms with van der Waals surface area (Å²) >= 11 is 1.26. The third kappa shape index (κ3) is 4.26. The molecular formula is C23H20N2O4S. The molecule has 1 aliphatic carbocycles. The third-order valence-corrected chi connectivity index (χ3v) is 5.74. The molecule has 2 aromatic carbocycles. The van der Waals surface area contributed by atoms with Gasteiger partial charge in [-0.2, -0.15) is 0 Å². The lowest BCUT2D eigenvalue weighted by molar-refractivity contribution is 0.0691. The number of rotatable bonds is 7. The van der Waals surface area contributed by atoms with Gasteiger partial charge < -0.3 is 15.2 Å². The highest BCUT2D eigenvalue weighted by Crippen LogP contribution is 2.44. The molecule has 30 heavy (non-hydrogen) atoms. The molecule has 0 saturated carbocycles. The van der Waals surface area contributed by atoms with Gasteiger partial charge in [0.1, 0.15) is 11.6 Å². The Bertz CT molecular complexity index is 1060. The fraction of sp³-hybridized carbons (Fsp3) is 0.174. The summed E-state index contributed by atoms with van der Waals surface area (Å²) in [6, 6.07) is 16.4. The van der Waals surface area contributed by atoms with E-state index in [9.17, 15) is 9.59 Å². The van der Waals surface area contributed by atoms with Crippen LogP contribution in [0.15, 0.2) is 60.0 Å². The van der Waals surface area contributed by atoms with Crippen molar-refractivity contribution in [3.8, 4) is 11.1 Å². The molecule has 1 amide bonds. The second-order valence-corrected chi connectivity index (χ2v) is 7.71. The van der Waals surface area contributed by atoms with Gasteiger partial charge in [0, 0.05) is 17.8 Å². The molecule has 4 rings (SSSR count). The quantitative estimate of drug-likeness (QED) is 0.537. The average Bonchev–Trinajstić information content (AvgIpc) is 3.35. The Balaban J connectivity index is 1.26. The van der Waals surface area contributed by atoms with Crippen LogP contribution in [-0.2, 0) is 4.74 Å². The number of benzene rings is 2. The number of carboxylic acids is 1. The van der Waals surface area contributed by atoms with Crippen LogP contribution >= 0.6 is 11.3 Å². The average molecular weight is 420 g/mol. The normalized spacial score (nSPS) is 12.5. The Hall–Kier alpha value is -3.45. The minimum atomic E-state index is -1.04. The SMILES string of the molecule is O=C(NCCC=Cc1nc(C(=O)O)cs1)OCC1c2ccccc2-c2ccccc21. The van der Waals surface area contributed by atoms with Crippen LogP contribution in [0.5, 0.6) is 0 Å². The van der Waals surface area contributed by atoms with E-state index in [1.807, 2.05) is 30.3 Å². The monoisotopic (exact) mass is 420 g/mol. The van der Waals surface area contributed by atoms with E-state index >= 15 is 0 Å². The number of carboxylic acid groups (broad SMARTS) is 1. The number of amides is 1. The Kier molecular flexibility index (Phi) is 5.90. The molecule has 1 heterocycles. The summed E-state index contributed by atoms with van der Waals surface area (Å²) in [4.78, 5) is 26.9. The molecule has 152 valence electrons. The van der Waals surface area contributed by atoms with Crippen molar-refractivity contribution in [1.82, 2.24) is 10.3 Å². The number of thiazole rings is 1. The van der Waals surface area contributed by atoms with Crippen molar-refractivity contribution in [2.24, 2.45) is 0 Å². The molecule has 2 N–H and O–H groups in total. The first-order valence-corrected chi connectivity index (χ1v) is 10.5. The van der Waals surface area contributed by atoms with Crippen LogP contribution in [0.25, 0.3) is 17.2 Å². The van der Waals surface area contributed by atoms with E-state index in [-0.39, 0.29) is 18.2 Å². The molecule has 6 nitrogen and oxygen atoms in total. The topological polar surface area (TPSA) is 88.5 Å². The second kappa shape index (κ2) is 8.92. The van der Waals surface area contributed by atoms with Gasteiger partial charge in [-0.15, -0.1) is 11.3 Å². The van der Waals surface area contributed by atoms with Crippen LogP contribution in [0.4, 0.5) is 4.79 Å². The molecule has 7 heteroatoms. The van der Waals surface area contributed by atoms with Gasteiger partial charge in [0.2, 0.25) is 0 Å². The Morgan fingerprint density at radius 3 is 2.40 bits per heavy atom. The maximum Gasteiger partial charge on any atom is 0.407 e. The first-order valence-electron chi connectivity index (χ1n) is 9.57. The third-order valence-electron chi connectivity index (χ3n) is 4.93. The molecule has 1 aromatic heterocycles. The molecule has 0 spiro atoms. The van der Waals surface area contributed by atoms with E-state index in [1.165, 1.54) is 39.0 Å². The number of nitrogens with one attached hydrogen (secondary N) is 1. The summed E-state index contributed by atoms with van der Waals surface area (Å²) < 4.78 is 5.48. The van der Waals surface area contributed by atoms with Crippen LogP contribution < -0.4 is 5.32 Å². The van der Waals surface area contributed by atoms with E-state index in [1.54, 1.807) is 6.08 Å². The summed E-state index contributed by atoms with van der Waals surface area (Å²) in [6.07, 6.45) is 3.73. The number of carbonyl (C=O) groups excluding carboxylic acids is 1. The molecule has 0 unspecified atom stereocenters. The van der Waals surface area contributed by atoms with Crippen molar-refractivity contribution in [3.05, 3.63) is 81.8 Å². The molecule has 0 radical (unpaired) electrons. The maximum atomic E-state index is 12.1. The molecule has 0 bridgehead atoms. The highest BCUT2D eigenvalue weighted by Gasteiger charge is 2.28. The van der Waals surface area contributed by atoms with Crippen LogP contribution in [-0.4, -0.2) is 35.3 Å². The summed E-state index contributed by atoms with van der Waals surface area (Å²) in [5.74, 6) is -1.00. The molecule has 0 aliphatic heterocycles. The molecule has 1 aliphatic rings. The molecule has 0 fully saturated rings. The Morgan fingerprint density at radius 1 is 1.10 bits per heavy atom. The van der Waals surface area contributed by atoms with Gasteiger partial charge in [-0.1, -0.05) is 54.6 Å². The first kappa shape index (κ1) is 19.8. The number of alkyl carbamates (subject to hydrolysis) is 1. The number of hydrogen-bond acceptors (Lipinski definition) is 5. The van der Waals surface area contributed by atoms with Crippen LogP contribution in [0.3, 0.4) is 0 Å². The maximum absolute atomic E-state index is 12.1.